The molecular weight excluding hydrogens is 220 g/mol. The Hall–Kier alpha value is -2.33. The van der Waals surface area contributed by atoms with Crippen molar-refractivity contribution in [3.05, 3.63) is 40.3 Å². The molecule has 0 N–H and O–H groups in total. The fourth-order valence-electron chi connectivity index (χ4n) is 1.81. The molecule has 0 saturated heterocycles. The molecule has 0 atom stereocenters. The molecule has 6 heteroatoms. The van der Waals surface area contributed by atoms with E-state index in [9.17, 15) is 9.59 Å². The number of para-hydroxylation sites is 1. The van der Waals surface area contributed by atoms with Gasteiger partial charge >= 0.3 is 0 Å². The highest BCUT2D eigenvalue weighted by molar-refractivity contribution is 6.52. The normalized spacial score (nSPS) is 13.5. The van der Waals surface area contributed by atoms with Crippen LogP contribution in [0.5, 0.6) is 0 Å². The summed E-state index contributed by atoms with van der Waals surface area (Å²) < 4.78 is 0. The van der Waals surface area contributed by atoms with Crippen molar-refractivity contribution in [2.75, 3.05) is 18.0 Å². The van der Waals surface area contributed by atoms with Crippen molar-refractivity contribution in [3.8, 4) is 0 Å². The molecular formula is C11H10N4O2. The third-order valence-corrected chi connectivity index (χ3v) is 2.58. The van der Waals surface area contributed by atoms with Gasteiger partial charge in [-0.3, -0.25) is 9.59 Å². The van der Waals surface area contributed by atoms with E-state index in [-0.39, 0.29) is 0 Å². The smallest absolute Gasteiger partial charge is 0.299 e. The zero-order valence-electron chi connectivity index (χ0n) is 9.04. The van der Waals surface area contributed by atoms with Gasteiger partial charge in [-0.2, -0.15) is 0 Å². The number of benzene rings is 1. The van der Waals surface area contributed by atoms with Gasteiger partial charge < -0.3 is 4.90 Å². The Labute approximate surface area is 97.5 Å². The van der Waals surface area contributed by atoms with Gasteiger partial charge in [0.2, 0.25) is 0 Å². The molecule has 0 aliphatic carbocycles. The molecule has 1 heterocycles. The van der Waals surface area contributed by atoms with E-state index >= 15 is 0 Å². The quantitative estimate of drug-likeness (QED) is 0.260. The zero-order chi connectivity index (χ0) is 12.3. The number of carbonyl (C=O) groups is 2. The minimum absolute atomic E-state index is 0.316. The van der Waals surface area contributed by atoms with E-state index in [4.69, 9.17) is 5.53 Å². The van der Waals surface area contributed by atoms with Crippen LogP contribution in [0.3, 0.4) is 0 Å². The van der Waals surface area contributed by atoms with E-state index < -0.39 is 11.7 Å². The van der Waals surface area contributed by atoms with E-state index in [0.29, 0.717) is 30.8 Å². The van der Waals surface area contributed by atoms with Crippen LogP contribution in [0.2, 0.25) is 0 Å². The maximum absolute atomic E-state index is 11.7. The van der Waals surface area contributed by atoms with Gasteiger partial charge in [0.1, 0.15) is 0 Å². The van der Waals surface area contributed by atoms with Crippen LogP contribution in [-0.2, 0) is 4.79 Å². The summed E-state index contributed by atoms with van der Waals surface area (Å²) in [7, 11) is 0. The summed E-state index contributed by atoms with van der Waals surface area (Å²) in [5, 5.41) is 3.39. The molecule has 0 aromatic heterocycles. The number of amides is 1. The molecule has 2 rings (SSSR count). The number of hydrogen-bond donors (Lipinski definition) is 0. The van der Waals surface area contributed by atoms with Gasteiger partial charge in [0.15, 0.2) is 0 Å². The lowest BCUT2D eigenvalue weighted by Gasteiger charge is -2.15. The third kappa shape index (κ3) is 1.98. The van der Waals surface area contributed by atoms with Crippen LogP contribution in [0, 0.1) is 0 Å². The van der Waals surface area contributed by atoms with Crippen LogP contribution >= 0.6 is 0 Å². The number of rotatable bonds is 4. The lowest BCUT2D eigenvalue weighted by molar-refractivity contribution is -0.114. The molecule has 0 fully saturated rings. The number of Topliss-reactive ketones (excluding diaryl/α,β-unsaturated/α-hetero) is 1. The van der Waals surface area contributed by atoms with Gasteiger partial charge in [-0.15, -0.1) is 0 Å². The number of azide groups is 1. The topological polar surface area (TPSA) is 86.1 Å². The molecule has 1 aliphatic heterocycles. The van der Waals surface area contributed by atoms with Crippen molar-refractivity contribution in [1.29, 1.82) is 0 Å². The summed E-state index contributed by atoms with van der Waals surface area (Å²) in [5.41, 5.74) is 9.22. The van der Waals surface area contributed by atoms with E-state index in [1.165, 1.54) is 4.90 Å². The molecule has 86 valence electrons. The Morgan fingerprint density at radius 3 is 2.82 bits per heavy atom. The maximum atomic E-state index is 11.7. The summed E-state index contributed by atoms with van der Waals surface area (Å²) in [6, 6.07) is 6.90. The fraction of sp³-hybridized carbons (Fsp3) is 0.273. The molecule has 1 aromatic carbocycles. The second kappa shape index (κ2) is 4.67. The van der Waals surface area contributed by atoms with Gasteiger partial charge in [-0.25, -0.2) is 0 Å². The highest BCUT2D eigenvalue weighted by Crippen LogP contribution is 2.28. The van der Waals surface area contributed by atoms with Gasteiger partial charge in [0.05, 0.1) is 11.3 Å². The van der Waals surface area contributed by atoms with Crippen molar-refractivity contribution in [1.82, 2.24) is 0 Å². The summed E-state index contributed by atoms with van der Waals surface area (Å²) >= 11 is 0. The first-order chi connectivity index (χ1) is 8.25. The van der Waals surface area contributed by atoms with Crippen LogP contribution < -0.4 is 4.90 Å². The highest BCUT2D eigenvalue weighted by Gasteiger charge is 2.34. The molecule has 1 aliphatic rings. The molecule has 17 heavy (non-hydrogen) atoms. The number of hydrogen-bond acceptors (Lipinski definition) is 3. The number of anilines is 1. The van der Waals surface area contributed by atoms with Crippen LogP contribution in [0.25, 0.3) is 10.4 Å². The van der Waals surface area contributed by atoms with Crippen molar-refractivity contribution in [2.24, 2.45) is 5.11 Å². The first kappa shape index (κ1) is 11.2. The van der Waals surface area contributed by atoms with Crippen molar-refractivity contribution < 1.29 is 9.59 Å². The predicted octanol–water partition coefficient (Wildman–Crippen LogP) is 1.92. The first-order valence-electron chi connectivity index (χ1n) is 5.22. The molecule has 0 bridgehead atoms. The zero-order valence-corrected chi connectivity index (χ0v) is 9.04. The molecule has 1 aromatic rings. The van der Waals surface area contributed by atoms with Crippen LogP contribution in [0.15, 0.2) is 29.4 Å². The van der Waals surface area contributed by atoms with Crippen molar-refractivity contribution in [2.45, 2.75) is 6.42 Å². The lowest BCUT2D eigenvalue weighted by Crippen LogP contribution is -2.30. The molecule has 1 amide bonds. The van der Waals surface area contributed by atoms with E-state index in [0.717, 1.165) is 0 Å². The van der Waals surface area contributed by atoms with Crippen LogP contribution in [0.1, 0.15) is 16.8 Å². The number of nitrogens with zero attached hydrogens (tertiary/aromatic N) is 4. The Kier molecular flexibility index (Phi) is 3.07. The molecule has 0 saturated carbocycles. The number of ketones is 1. The second-order valence-electron chi connectivity index (χ2n) is 3.61. The van der Waals surface area contributed by atoms with Gasteiger partial charge in [-0.05, 0) is 24.1 Å². The van der Waals surface area contributed by atoms with E-state index in [2.05, 4.69) is 10.0 Å². The summed E-state index contributed by atoms with van der Waals surface area (Å²) in [6.45, 7) is 0.706. The molecule has 6 nitrogen and oxygen atoms in total. The highest BCUT2D eigenvalue weighted by atomic mass is 16.2. The Morgan fingerprint density at radius 1 is 1.29 bits per heavy atom. The summed E-state index contributed by atoms with van der Waals surface area (Å²) in [6.07, 6.45) is 0.539. The van der Waals surface area contributed by atoms with E-state index in [1.807, 2.05) is 0 Å². The van der Waals surface area contributed by atoms with Crippen LogP contribution in [0.4, 0.5) is 5.69 Å². The Balaban J connectivity index is 2.15. The number of carbonyl (C=O) groups excluding carboxylic acids is 2. The SMILES string of the molecule is [N-]=[N+]=NCCCN1C(=O)C(=O)c2ccccc21. The molecule has 0 radical (unpaired) electrons. The summed E-state index contributed by atoms with van der Waals surface area (Å²) in [4.78, 5) is 27.4. The summed E-state index contributed by atoms with van der Waals surface area (Å²) in [5.74, 6) is -0.975. The average Bonchev–Trinajstić information content (AvgIpc) is 2.60. The first-order valence-corrected chi connectivity index (χ1v) is 5.22. The molecule has 0 spiro atoms. The van der Waals surface area contributed by atoms with Crippen molar-refractivity contribution >= 4 is 17.4 Å². The standard InChI is InChI=1S/C11H10N4O2/c12-14-13-6-3-7-15-9-5-2-1-4-8(9)10(16)11(15)17/h1-2,4-5H,3,6-7H2. The maximum Gasteiger partial charge on any atom is 0.299 e. The minimum atomic E-state index is -0.507. The third-order valence-electron chi connectivity index (χ3n) is 2.58. The predicted molar refractivity (Wildman–Crippen MR) is 61.8 cm³/mol. The Morgan fingerprint density at radius 2 is 2.06 bits per heavy atom. The van der Waals surface area contributed by atoms with Gasteiger partial charge in [0, 0.05) is 18.0 Å². The second-order valence-corrected chi connectivity index (χ2v) is 3.61. The van der Waals surface area contributed by atoms with E-state index in [1.54, 1.807) is 24.3 Å². The largest absolute Gasteiger partial charge is 0.305 e. The number of fused-ring (bicyclic) bond motifs is 1. The lowest BCUT2D eigenvalue weighted by atomic mass is 10.1. The fourth-order valence-corrected chi connectivity index (χ4v) is 1.81. The minimum Gasteiger partial charge on any atom is -0.305 e. The average molecular weight is 230 g/mol. The molecule has 0 unspecified atom stereocenters. The van der Waals surface area contributed by atoms with Crippen molar-refractivity contribution in [3.63, 3.8) is 0 Å². The monoisotopic (exact) mass is 230 g/mol. The van der Waals surface area contributed by atoms with Gasteiger partial charge in [-0.1, -0.05) is 17.2 Å². The Bertz CT molecular complexity index is 520. The van der Waals surface area contributed by atoms with Crippen LogP contribution in [-0.4, -0.2) is 24.8 Å². The van der Waals surface area contributed by atoms with Gasteiger partial charge in [0.25, 0.3) is 11.7 Å².